The van der Waals surface area contributed by atoms with Gasteiger partial charge in [0.2, 0.25) is 0 Å². The van der Waals surface area contributed by atoms with Crippen molar-refractivity contribution in [1.29, 1.82) is 0 Å². The van der Waals surface area contributed by atoms with Crippen molar-refractivity contribution >= 4 is 17.5 Å². The zero-order valence-electron chi connectivity index (χ0n) is 14.2. The van der Waals surface area contributed by atoms with Crippen LogP contribution in [0.1, 0.15) is 34.0 Å². The summed E-state index contributed by atoms with van der Waals surface area (Å²) in [6.45, 7) is 2.44. The number of hydrogen-bond donors (Lipinski definition) is 0. The van der Waals surface area contributed by atoms with E-state index < -0.39 is 5.54 Å². The molecule has 4 rings (SSSR count). The molecule has 0 spiro atoms. The summed E-state index contributed by atoms with van der Waals surface area (Å²) in [6.07, 6.45) is 0. The van der Waals surface area contributed by atoms with Crippen molar-refractivity contribution in [3.63, 3.8) is 0 Å². The Morgan fingerprint density at radius 3 is 2.31 bits per heavy atom. The Hall–Kier alpha value is -2.65. The highest BCUT2D eigenvalue weighted by Crippen LogP contribution is 2.44. The largest absolute Gasteiger partial charge is 0.321 e. The maximum absolute atomic E-state index is 13.3. The molecule has 26 heavy (non-hydrogen) atoms. The van der Waals surface area contributed by atoms with E-state index in [1.54, 1.807) is 12.1 Å². The first-order valence-electron chi connectivity index (χ1n) is 8.42. The van der Waals surface area contributed by atoms with Crippen LogP contribution in [0.4, 0.5) is 4.39 Å². The predicted molar refractivity (Wildman–Crippen MR) is 101 cm³/mol. The quantitative estimate of drug-likeness (QED) is 0.608. The number of carbonyl (C=O) groups excluding carboxylic acids is 1. The molecule has 1 aliphatic heterocycles. The maximum Gasteiger partial charge on any atom is 0.255 e. The Bertz CT molecular complexity index is 968. The Morgan fingerprint density at radius 2 is 1.62 bits per heavy atom. The summed E-state index contributed by atoms with van der Waals surface area (Å²) in [4.78, 5) is 15.0. The number of nitrogens with zero attached hydrogens (tertiary/aromatic N) is 1. The third-order valence-electron chi connectivity index (χ3n) is 5.13. The molecule has 1 amide bonds. The van der Waals surface area contributed by atoms with E-state index in [2.05, 4.69) is 0 Å². The molecule has 3 aromatic carbocycles. The second kappa shape index (κ2) is 6.26. The second-order valence-electron chi connectivity index (χ2n) is 6.64. The zero-order chi connectivity index (χ0) is 18.3. The normalized spacial score (nSPS) is 18.9. The van der Waals surface area contributed by atoms with Gasteiger partial charge in [-0.2, -0.15) is 0 Å². The van der Waals surface area contributed by atoms with E-state index in [-0.39, 0.29) is 11.7 Å². The molecule has 0 aromatic heterocycles. The highest BCUT2D eigenvalue weighted by molar-refractivity contribution is 6.30. The van der Waals surface area contributed by atoms with Gasteiger partial charge in [0.05, 0.1) is 5.54 Å². The Kier molecular flexibility index (Phi) is 4.04. The number of carbonyl (C=O) groups is 1. The molecule has 130 valence electrons. The van der Waals surface area contributed by atoms with E-state index in [9.17, 15) is 9.18 Å². The Balaban J connectivity index is 1.84. The van der Waals surface area contributed by atoms with Crippen LogP contribution in [0.2, 0.25) is 5.02 Å². The summed E-state index contributed by atoms with van der Waals surface area (Å²) in [7, 11) is 0. The van der Waals surface area contributed by atoms with Crippen LogP contribution < -0.4 is 0 Å². The van der Waals surface area contributed by atoms with Crippen LogP contribution in [0, 0.1) is 5.82 Å². The van der Waals surface area contributed by atoms with E-state index >= 15 is 0 Å². The number of halogens is 2. The smallest absolute Gasteiger partial charge is 0.255 e. The fourth-order valence-corrected chi connectivity index (χ4v) is 3.80. The third kappa shape index (κ3) is 2.60. The van der Waals surface area contributed by atoms with Crippen LogP contribution in [-0.4, -0.2) is 10.8 Å². The SMILES string of the molecule is CC1(c2ccc(Cl)cc2)c2ccccc2C(=O)N1Cc1ccc(F)cc1. The van der Waals surface area contributed by atoms with Gasteiger partial charge in [-0.1, -0.05) is 54.1 Å². The molecule has 0 saturated heterocycles. The molecule has 0 saturated carbocycles. The van der Waals surface area contributed by atoms with Gasteiger partial charge in [-0.3, -0.25) is 4.79 Å². The van der Waals surface area contributed by atoms with Gasteiger partial charge in [0, 0.05) is 17.1 Å². The van der Waals surface area contributed by atoms with Crippen LogP contribution in [-0.2, 0) is 12.1 Å². The van der Waals surface area contributed by atoms with Crippen molar-refractivity contribution in [2.24, 2.45) is 0 Å². The number of amides is 1. The molecular formula is C22H17ClFNO. The molecule has 0 fully saturated rings. The lowest BCUT2D eigenvalue weighted by Gasteiger charge is -2.37. The van der Waals surface area contributed by atoms with Gasteiger partial charge in [0.15, 0.2) is 0 Å². The first-order valence-corrected chi connectivity index (χ1v) is 8.80. The first-order chi connectivity index (χ1) is 12.5. The monoisotopic (exact) mass is 365 g/mol. The number of benzene rings is 3. The second-order valence-corrected chi connectivity index (χ2v) is 7.08. The molecule has 1 aliphatic rings. The summed E-state index contributed by atoms with van der Waals surface area (Å²) in [5, 5.41) is 0.653. The number of rotatable bonds is 3. The highest BCUT2D eigenvalue weighted by atomic mass is 35.5. The molecular weight excluding hydrogens is 349 g/mol. The van der Waals surface area contributed by atoms with Crippen molar-refractivity contribution in [2.45, 2.75) is 19.0 Å². The first kappa shape index (κ1) is 16.8. The minimum atomic E-state index is -0.618. The fourth-order valence-electron chi connectivity index (χ4n) is 3.68. The van der Waals surface area contributed by atoms with E-state index in [0.717, 1.165) is 16.7 Å². The summed E-state index contributed by atoms with van der Waals surface area (Å²) < 4.78 is 13.3. The summed E-state index contributed by atoms with van der Waals surface area (Å²) in [6, 6.07) is 21.5. The van der Waals surface area contributed by atoms with Crippen molar-refractivity contribution in [2.75, 3.05) is 0 Å². The lowest BCUT2D eigenvalue weighted by Crippen LogP contribution is -2.41. The standard InChI is InChI=1S/C22H17ClFNO/c1-22(16-8-10-17(23)11-9-16)20-5-3-2-4-19(20)21(26)25(22)14-15-6-12-18(24)13-7-15/h2-13H,14H2,1H3. The summed E-state index contributed by atoms with van der Waals surface area (Å²) in [5.41, 5.74) is 2.92. The van der Waals surface area contributed by atoms with Gasteiger partial charge in [-0.15, -0.1) is 0 Å². The molecule has 2 nitrogen and oxygen atoms in total. The van der Waals surface area contributed by atoms with Crippen LogP contribution in [0.15, 0.2) is 72.8 Å². The van der Waals surface area contributed by atoms with Crippen molar-refractivity contribution < 1.29 is 9.18 Å². The van der Waals surface area contributed by atoms with Gasteiger partial charge in [-0.25, -0.2) is 4.39 Å². The maximum atomic E-state index is 13.3. The van der Waals surface area contributed by atoms with Gasteiger partial charge in [0.1, 0.15) is 5.82 Å². The fraction of sp³-hybridized carbons (Fsp3) is 0.136. The van der Waals surface area contributed by atoms with Crippen molar-refractivity contribution in [3.8, 4) is 0 Å². The van der Waals surface area contributed by atoms with Crippen LogP contribution in [0.3, 0.4) is 0 Å². The summed E-state index contributed by atoms with van der Waals surface area (Å²) >= 11 is 6.06. The van der Waals surface area contributed by atoms with Crippen molar-refractivity contribution in [3.05, 3.63) is 106 Å². The molecule has 0 aliphatic carbocycles. The molecule has 0 bridgehead atoms. The van der Waals surface area contributed by atoms with Crippen LogP contribution in [0.25, 0.3) is 0 Å². The van der Waals surface area contributed by atoms with E-state index in [1.807, 2.05) is 60.4 Å². The Morgan fingerprint density at radius 1 is 0.962 bits per heavy atom. The van der Waals surface area contributed by atoms with Gasteiger partial charge in [0.25, 0.3) is 5.91 Å². The molecule has 1 heterocycles. The lowest BCUT2D eigenvalue weighted by atomic mass is 9.84. The van der Waals surface area contributed by atoms with E-state index in [1.165, 1.54) is 12.1 Å². The Labute approximate surface area is 156 Å². The van der Waals surface area contributed by atoms with E-state index in [0.29, 0.717) is 17.1 Å². The minimum absolute atomic E-state index is 0.0256. The molecule has 0 N–H and O–H groups in total. The molecule has 1 unspecified atom stereocenters. The summed E-state index contributed by atoms with van der Waals surface area (Å²) in [5.74, 6) is -0.312. The van der Waals surface area contributed by atoms with Gasteiger partial charge < -0.3 is 4.90 Å². The topological polar surface area (TPSA) is 20.3 Å². The number of fused-ring (bicyclic) bond motifs is 1. The van der Waals surface area contributed by atoms with Crippen molar-refractivity contribution in [1.82, 2.24) is 4.90 Å². The molecule has 4 heteroatoms. The molecule has 3 aromatic rings. The average Bonchev–Trinajstić information content (AvgIpc) is 2.87. The molecule has 0 radical (unpaired) electrons. The third-order valence-corrected chi connectivity index (χ3v) is 5.38. The van der Waals surface area contributed by atoms with Crippen LogP contribution >= 0.6 is 11.6 Å². The molecule has 1 atom stereocenters. The van der Waals surface area contributed by atoms with Crippen LogP contribution in [0.5, 0.6) is 0 Å². The van der Waals surface area contributed by atoms with Gasteiger partial charge in [-0.05, 0) is 53.9 Å². The lowest BCUT2D eigenvalue weighted by molar-refractivity contribution is 0.0630. The van der Waals surface area contributed by atoms with E-state index in [4.69, 9.17) is 11.6 Å². The number of hydrogen-bond acceptors (Lipinski definition) is 1. The zero-order valence-corrected chi connectivity index (χ0v) is 15.0. The minimum Gasteiger partial charge on any atom is -0.321 e. The highest BCUT2D eigenvalue weighted by Gasteiger charge is 2.47. The average molecular weight is 366 g/mol. The predicted octanol–water partition coefficient (Wildman–Crippen LogP) is 5.40. The van der Waals surface area contributed by atoms with Gasteiger partial charge >= 0.3 is 0 Å².